The molecule has 2 bridgehead atoms. The number of hydrogen-bond donors (Lipinski definition) is 0. The predicted molar refractivity (Wildman–Crippen MR) is 116 cm³/mol. The van der Waals surface area contributed by atoms with Crippen LogP contribution in [0.1, 0.15) is 64.9 Å². The van der Waals surface area contributed by atoms with Crippen LogP contribution in [0, 0.1) is 5.92 Å². The summed E-state index contributed by atoms with van der Waals surface area (Å²) in [6.45, 7) is 13.4. The molecule has 4 heterocycles. The average molecular weight is 400 g/mol. The SMILES string of the molecule is CC(C)C(=O)CN1CCC(c2cnc(N3C4CCC3CN(C(C)C)C4)nc2)CC1. The molecule has 0 spiro atoms. The standard InChI is InChI=1S/C23H37N5O/c1-16(2)22(29)15-26-9-7-18(8-10-26)19-11-24-23(25-12-19)28-20-5-6-21(28)14-27(13-20)17(3)4/h11-12,16-18,20-21H,5-10,13-15H2,1-4H3. The maximum absolute atomic E-state index is 12.0. The summed E-state index contributed by atoms with van der Waals surface area (Å²) in [6.07, 6.45) is 8.82. The summed E-state index contributed by atoms with van der Waals surface area (Å²) in [7, 11) is 0. The number of likely N-dealkylation sites (tertiary alicyclic amines) is 2. The zero-order chi connectivity index (χ0) is 20.5. The molecule has 0 radical (unpaired) electrons. The number of rotatable bonds is 6. The van der Waals surface area contributed by atoms with Crippen molar-refractivity contribution in [3.63, 3.8) is 0 Å². The van der Waals surface area contributed by atoms with E-state index in [9.17, 15) is 4.79 Å². The van der Waals surface area contributed by atoms with Gasteiger partial charge in [0, 0.05) is 49.5 Å². The molecule has 2 unspecified atom stereocenters. The van der Waals surface area contributed by atoms with Crippen molar-refractivity contribution in [1.29, 1.82) is 0 Å². The number of Topliss-reactive ketones (excluding diaryl/α,β-unsaturated/α-hetero) is 1. The number of aromatic nitrogens is 2. The quantitative estimate of drug-likeness (QED) is 0.733. The molecule has 0 saturated carbocycles. The Balaban J connectivity index is 1.34. The Hall–Kier alpha value is -1.53. The van der Waals surface area contributed by atoms with Gasteiger partial charge >= 0.3 is 0 Å². The molecule has 0 N–H and O–H groups in total. The van der Waals surface area contributed by atoms with E-state index in [0.29, 0.717) is 36.4 Å². The predicted octanol–water partition coefficient (Wildman–Crippen LogP) is 2.94. The highest BCUT2D eigenvalue weighted by Gasteiger charge is 2.41. The number of piperazine rings is 1. The van der Waals surface area contributed by atoms with Crippen LogP contribution in [0.2, 0.25) is 0 Å². The maximum atomic E-state index is 12.0. The van der Waals surface area contributed by atoms with Crippen molar-refractivity contribution in [2.24, 2.45) is 5.92 Å². The Labute approximate surface area is 175 Å². The number of carbonyl (C=O) groups is 1. The monoisotopic (exact) mass is 399 g/mol. The summed E-state index contributed by atoms with van der Waals surface area (Å²) in [5.74, 6) is 1.92. The van der Waals surface area contributed by atoms with E-state index in [1.54, 1.807) is 0 Å². The maximum Gasteiger partial charge on any atom is 0.225 e. The van der Waals surface area contributed by atoms with Crippen molar-refractivity contribution in [1.82, 2.24) is 19.8 Å². The molecule has 29 heavy (non-hydrogen) atoms. The summed E-state index contributed by atoms with van der Waals surface area (Å²) in [5, 5.41) is 0. The molecule has 4 rings (SSSR count). The lowest BCUT2D eigenvalue weighted by molar-refractivity contribution is -0.123. The highest BCUT2D eigenvalue weighted by molar-refractivity contribution is 5.82. The van der Waals surface area contributed by atoms with Crippen molar-refractivity contribution >= 4 is 11.7 Å². The summed E-state index contributed by atoms with van der Waals surface area (Å²) in [4.78, 5) is 29.0. The van der Waals surface area contributed by atoms with Gasteiger partial charge in [0.05, 0.1) is 6.54 Å². The van der Waals surface area contributed by atoms with Gasteiger partial charge in [0.1, 0.15) is 5.78 Å². The first kappa shape index (κ1) is 20.7. The minimum atomic E-state index is 0.131. The van der Waals surface area contributed by atoms with Crippen LogP contribution in [0.15, 0.2) is 12.4 Å². The highest BCUT2D eigenvalue weighted by atomic mass is 16.1. The average Bonchev–Trinajstić information content (AvgIpc) is 2.97. The second kappa shape index (κ2) is 8.68. The molecule has 1 aromatic heterocycles. The van der Waals surface area contributed by atoms with Gasteiger partial charge in [0.2, 0.25) is 5.95 Å². The fourth-order valence-corrected chi connectivity index (χ4v) is 5.19. The van der Waals surface area contributed by atoms with Gasteiger partial charge in [0.15, 0.2) is 0 Å². The van der Waals surface area contributed by atoms with Crippen LogP contribution in [0.3, 0.4) is 0 Å². The first-order valence-electron chi connectivity index (χ1n) is 11.5. The van der Waals surface area contributed by atoms with Crippen molar-refractivity contribution in [3.05, 3.63) is 18.0 Å². The van der Waals surface area contributed by atoms with Gasteiger partial charge in [-0.3, -0.25) is 14.6 Å². The van der Waals surface area contributed by atoms with Crippen LogP contribution in [-0.4, -0.2) is 76.4 Å². The van der Waals surface area contributed by atoms with Gasteiger partial charge in [-0.25, -0.2) is 9.97 Å². The van der Waals surface area contributed by atoms with E-state index in [1.165, 1.54) is 18.4 Å². The lowest BCUT2D eigenvalue weighted by atomic mass is 9.91. The van der Waals surface area contributed by atoms with E-state index in [0.717, 1.165) is 45.0 Å². The lowest BCUT2D eigenvalue weighted by Gasteiger charge is -2.42. The van der Waals surface area contributed by atoms with Gasteiger partial charge in [-0.1, -0.05) is 13.8 Å². The third kappa shape index (κ3) is 4.48. The molecule has 3 aliphatic rings. The van der Waals surface area contributed by atoms with Gasteiger partial charge in [0.25, 0.3) is 0 Å². The number of ketones is 1. The number of carbonyl (C=O) groups excluding carboxylic acids is 1. The second-order valence-corrected chi connectivity index (χ2v) is 9.83. The summed E-state index contributed by atoms with van der Waals surface area (Å²) in [5.41, 5.74) is 1.26. The van der Waals surface area contributed by atoms with E-state index in [4.69, 9.17) is 9.97 Å². The molecule has 2 atom stereocenters. The van der Waals surface area contributed by atoms with Crippen molar-refractivity contribution in [2.75, 3.05) is 37.6 Å². The van der Waals surface area contributed by atoms with Crippen LogP contribution in [0.4, 0.5) is 5.95 Å². The van der Waals surface area contributed by atoms with Gasteiger partial charge in [-0.2, -0.15) is 0 Å². The first-order chi connectivity index (χ1) is 13.9. The smallest absolute Gasteiger partial charge is 0.225 e. The Bertz CT molecular complexity index is 682. The zero-order valence-electron chi connectivity index (χ0n) is 18.5. The minimum absolute atomic E-state index is 0.131. The molecule has 0 aromatic carbocycles. The molecule has 6 heteroatoms. The first-order valence-corrected chi connectivity index (χ1v) is 11.5. The molecule has 0 aliphatic carbocycles. The number of hydrogen-bond acceptors (Lipinski definition) is 6. The van der Waals surface area contributed by atoms with Gasteiger partial charge in [-0.15, -0.1) is 0 Å². The molecule has 3 saturated heterocycles. The lowest BCUT2D eigenvalue weighted by Crippen LogP contribution is -2.56. The number of nitrogens with zero attached hydrogens (tertiary/aromatic N) is 5. The summed E-state index contributed by atoms with van der Waals surface area (Å²) >= 11 is 0. The van der Waals surface area contributed by atoms with Crippen molar-refractivity contribution in [2.45, 2.75) is 77.4 Å². The third-order valence-electron chi connectivity index (χ3n) is 7.21. The van der Waals surface area contributed by atoms with Crippen LogP contribution >= 0.6 is 0 Å². The Morgan fingerprint density at radius 1 is 1.00 bits per heavy atom. The Kier molecular flexibility index (Phi) is 6.21. The number of anilines is 1. The topological polar surface area (TPSA) is 52.6 Å². The zero-order valence-corrected chi connectivity index (χ0v) is 18.5. The van der Waals surface area contributed by atoms with Crippen LogP contribution in [-0.2, 0) is 4.79 Å². The summed E-state index contributed by atoms with van der Waals surface area (Å²) in [6, 6.07) is 1.73. The van der Waals surface area contributed by atoms with E-state index < -0.39 is 0 Å². The van der Waals surface area contributed by atoms with Crippen LogP contribution in [0.5, 0.6) is 0 Å². The number of fused-ring (bicyclic) bond motifs is 2. The molecule has 3 aliphatic heterocycles. The fraction of sp³-hybridized carbons (Fsp3) is 0.783. The molecule has 1 aromatic rings. The number of piperidine rings is 1. The minimum Gasteiger partial charge on any atom is -0.332 e. The third-order valence-corrected chi connectivity index (χ3v) is 7.21. The largest absolute Gasteiger partial charge is 0.332 e. The molecular weight excluding hydrogens is 362 g/mol. The van der Waals surface area contributed by atoms with Crippen molar-refractivity contribution < 1.29 is 4.79 Å². The fourth-order valence-electron chi connectivity index (χ4n) is 5.19. The second-order valence-electron chi connectivity index (χ2n) is 9.83. The molecule has 0 amide bonds. The molecule has 160 valence electrons. The molecule has 3 fully saturated rings. The molecular formula is C23H37N5O. The van der Waals surface area contributed by atoms with E-state index >= 15 is 0 Å². The molecule has 6 nitrogen and oxygen atoms in total. The Morgan fingerprint density at radius 3 is 2.10 bits per heavy atom. The van der Waals surface area contributed by atoms with Crippen LogP contribution in [0.25, 0.3) is 0 Å². The van der Waals surface area contributed by atoms with E-state index in [-0.39, 0.29) is 5.92 Å². The van der Waals surface area contributed by atoms with Crippen LogP contribution < -0.4 is 4.90 Å². The van der Waals surface area contributed by atoms with Gasteiger partial charge in [-0.05, 0) is 64.1 Å². The highest BCUT2D eigenvalue weighted by Crippen LogP contribution is 2.34. The normalized spacial score (nSPS) is 26.6. The Morgan fingerprint density at radius 2 is 1.59 bits per heavy atom. The van der Waals surface area contributed by atoms with Gasteiger partial charge < -0.3 is 4.90 Å². The van der Waals surface area contributed by atoms with E-state index in [2.05, 4.69) is 40.9 Å². The van der Waals surface area contributed by atoms with E-state index in [1.807, 2.05) is 13.8 Å². The van der Waals surface area contributed by atoms with Crippen molar-refractivity contribution in [3.8, 4) is 0 Å². The summed E-state index contributed by atoms with van der Waals surface area (Å²) < 4.78 is 0.